The molecule has 0 bridgehead atoms. The quantitative estimate of drug-likeness (QED) is 0.787. The summed E-state index contributed by atoms with van der Waals surface area (Å²) in [7, 11) is 0. The molecule has 0 unspecified atom stereocenters. The van der Waals surface area contributed by atoms with Gasteiger partial charge in [0.1, 0.15) is 11.8 Å². The Morgan fingerprint density at radius 2 is 2.12 bits per heavy atom. The van der Waals surface area contributed by atoms with Crippen molar-refractivity contribution in [2.24, 2.45) is 10.5 Å². The summed E-state index contributed by atoms with van der Waals surface area (Å²) in [6.45, 7) is 7.28. The average Bonchev–Trinajstić information content (AvgIpc) is 3.10. The molecule has 0 aliphatic carbocycles. The highest BCUT2D eigenvalue weighted by Crippen LogP contribution is 2.30. The fourth-order valence-corrected chi connectivity index (χ4v) is 3.52. The van der Waals surface area contributed by atoms with Gasteiger partial charge in [0.15, 0.2) is 0 Å². The molecular weight excluding hydrogens is 328 g/mol. The molecule has 0 aromatic carbocycles. The Morgan fingerprint density at radius 1 is 1.31 bits per heavy atom. The Bertz CT molecular complexity index is 699. The molecule has 0 N–H and O–H groups in total. The maximum atomic E-state index is 13.0. The Morgan fingerprint density at radius 3 is 2.81 bits per heavy atom. The molecule has 0 radical (unpaired) electrons. The van der Waals surface area contributed by atoms with Crippen molar-refractivity contribution < 1.29 is 9.59 Å². The number of amides is 2. The van der Waals surface area contributed by atoms with Crippen molar-refractivity contribution in [2.75, 3.05) is 13.1 Å². The highest BCUT2D eigenvalue weighted by molar-refractivity contribution is 6.41. The molecule has 1 saturated heterocycles. The fraction of sp³-hybridized carbons (Fsp3) is 0.600. The third-order valence-electron chi connectivity index (χ3n) is 5.56. The predicted molar refractivity (Wildman–Crippen MR) is 101 cm³/mol. The van der Waals surface area contributed by atoms with E-state index in [2.05, 4.69) is 17.0 Å². The van der Waals surface area contributed by atoms with Gasteiger partial charge in [-0.05, 0) is 43.7 Å². The number of nitrogens with zero attached hydrogens (tertiary/aromatic N) is 4. The molecule has 2 amide bonds. The zero-order valence-electron chi connectivity index (χ0n) is 15.9. The number of pyridine rings is 1. The summed E-state index contributed by atoms with van der Waals surface area (Å²) < 4.78 is 0. The maximum absolute atomic E-state index is 13.0. The highest BCUT2D eigenvalue weighted by atomic mass is 16.2. The van der Waals surface area contributed by atoms with E-state index in [-0.39, 0.29) is 23.3 Å². The van der Waals surface area contributed by atoms with E-state index in [4.69, 9.17) is 0 Å². The molecule has 1 fully saturated rings. The fourth-order valence-electron chi connectivity index (χ4n) is 3.52. The molecule has 26 heavy (non-hydrogen) atoms. The minimum Gasteiger partial charge on any atom is -0.325 e. The van der Waals surface area contributed by atoms with Gasteiger partial charge >= 0.3 is 0 Å². The average molecular weight is 356 g/mol. The lowest BCUT2D eigenvalue weighted by Crippen LogP contribution is -2.46. The number of hydrogen-bond donors (Lipinski definition) is 0. The van der Waals surface area contributed by atoms with Crippen LogP contribution < -0.4 is 0 Å². The number of aryl methyl sites for hydroxylation is 1. The topological polar surface area (TPSA) is 65.9 Å². The number of hydrogen-bond acceptors (Lipinski definition) is 4. The Labute approximate surface area is 155 Å². The van der Waals surface area contributed by atoms with Crippen LogP contribution in [0.4, 0.5) is 0 Å². The van der Waals surface area contributed by atoms with Crippen LogP contribution in [0.15, 0.2) is 29.6 Å². The van der Waals surface area contributed by atoms with E-state index in [0.717, 1.165) is 37.7 Å². The zero-order chi connectivity index (χ0) is 18.7. The summed E-state index contributed by atoms with van der Waals surface area (Å²) in [5, 5.41) is 6.14. The largest absolute Gasteiger partial charge is 0.325 e. The van der Waals surface area contributed by atoms with Gasteiger partial charge < -0.3 is 4.90 Å². The van der Waals surface area contributed by atoms with Crippen molar-refractivity contribution >= 4 is 17.5 Å². The number of rotatable bonds is 6. The van der Waals surface area contributed by atoms with Crippen LogP contribution in [0.5, 0.6) is 0 Å². The molecule has 1 aromatic rings. The molecular formula is C20H28N4O2. The van der Waals surface area contributed by atoms with Gasteiger partial charge in [0, 0.05) is 30.9 Å². The van der Waals surface area contributed by atoms with Crippen LogP contribution in [0.2, 0.25) is 0 Å². The minimum atomic E-state index is -0.352. The van der Waals surface area contributed by atoms with Gasteiger partial charge in [-0.3, -0.25) is 14.6 Å². The molecule has 2 aliphatic rings. The first-order chi connectivity index (χ1) is 12.4. The summed E-state index contributed by atoms with van der Waals surface area (Å²) in [5.41, 5.74) is 1.31. The monoisotopic (exact) mass is 356 g/mol. The standard InChI is InChI=1S/C20H28N4O2/c1-4-20(2,3)17-19(26)23-12-7-10-16(23)18(25)24(22-17)13-6-9-15-8-5-11-21-14-15/h5,8,11,14,16H,4,6-7,9-10,12-13H2,1-3H3/t16-/m0/s1. The van der Waals surface area contributed by atoms with Gasteiger partial charge in [0.05, 0.1) is 0 Å². The van der Waals surface area contributed by atoms with Gasteiger partial charge in [-0.2, -0.15) is 5.10 Å². The van der Waals surface area contributed by atoms with E-state index in [1.54, 1.807) is 16.1 Å². The van der Waals surface area contributed by atoms with Gasteiger partial charge in [0.2, 0.25) is 0 Å². The van der Waals surface area contributed by atoms with Crippen molar-refractivity contribution in [1.82, 2.24) is 14.9 Å². The van der Waals surface area contributed by atoms with Gasteiger partial charge in [-0.15, -0.1) is 0 Å². The van der Waals surface area contributed by atoms with E-state index in [0.29, 0.717) is 18.8 Å². The van der Waals surface area contributed by atoms with Gasteiger partial charge in [0.25, 0.3) is 11.8 Å². The van der Waals surface area contributed by atoms with Crippen LogP contribution in [0.25, 0.3) is 0 Å². The molecule has 6 heteroatoms. The van der Waals surface area contributed by atoms with E-state index >= 15 is 0 Å². The van der Waals surface area contributed by atoms with E-state index in [1.165, 1.54) is 0 Å². The lowest BCUT2D eigenvalue weighted by atomic mass is 9.84. The molecule has 140 valence electrons. The van der Waals surface area contributed by atoms with Crippen LogP contribution in [0.3, 0.4) is 0 Å². The zero-order valence-corrected chi connectivity index (χ0v) is 15.9. The summed E-state index contributed by atoms with van der Waals surface area (Å²) in [4.78, 5) is 31.9. The molecule has 1 atom stereocenters. The lowest BCUT2D eigenvalue weighted by Gasteiger charge is -2.27. The normalized spacial score (nSPS) is 20.9. The maximum Gasteiger partial charge on any atom is 0.271 e. The van der Waals surface area contributed by atoms with Crippen LogP contribution in [-0.4, -0.2) is 51.6 Å². The Balaban J connectivity index is 1.81. The van der Waals surface area contributed by atoms with E-state index < -0.39 is 0 Å². The first-order valence-corrected chi connectivity index (χ1v) is 9.54. The van der Waals surface area contributed by atoms with Crippen LogP contribution in [-0.2, 0) is 16.0 Å². The third-order valence-corrected chi connectivity index (χ3v) is 5.56. The lowest BCUT2D eigenvalue weighted by molar-refractivity contribution is -0.139. The predicted octanol–water partition coefficient (Wildman–Crippen LogP) is 2.64. The third kappa shape index (κ3) is 3.64. The number of hydrazone groups is 1. The number of carbonyl (C=O) groups excluding carboxylic acids is 2. The second-order valence-corrected chi connectivity index (χ2v) is 7.77. The number of carbonyl (C=O) groups is 2. The van der Waals surface area contributed by atoms with Crippen molar-refractivity contribution in [1.29, 1.82) is 0 Å². The second kappa shape index (κ2) is 7.56. The highest BCUT2D eigenvalue weighted by Gasteiger charge is 2.44. The molecule has 2 aliphatic heterocycles. The smallest absolute Gasteiger partial charge is 0.271 e. The Kier molecular flexibility index (Phi) is 5.39. The summed E-state index contributed by atoms with van der Waals surface area (Å²) in [6, 6.07) is 3.60. The molecule has 0 saturated carbocycles. The number of fused-ring (bicyclic) bond motifs is 1. The minimum absolute atomic E-state index is 0.0380. The van der Waals surface area contributed by atoms with Crippen molar-refractivity contribution in [3.63, 3.8) is 0 Å². The summed E-state index contributed by atoms with van der Waals surface area (Å²) >= 11 is 0. The SMILES string of the molecule is CCC(C)(C)C1=NN(CCCc2cccnc2)C(=O)[C@@H]2CCCN2C1=O. The first kappa shape index (κ1) is 18.5. The van der Waals surface area contributed by atoms with E-state index in [1.807, 2.05) is 32.2 Å². The molecule has 0 spiro atoms. The van der Waals surface area contributed by atoms with Crippen LogP contribution in [0.1, 0.15) is 52.0 Å². The van der Waals surface area contributed by atoms with Gasteiger partial charge in [-0.1, -0.05) is 26.8 Å². The van der Waals surface area contributed by atoms with Crippen molar-refractivity contribution in [2.45, 2.75) is 58.9 Å². The molecule has 6 nitrogen and oxygen atoms in total. The summed E-state index contributed by atoms with van der Waals surface area (Å²) in [5.74, 6) is -0.105. The van der Waals surface area contributed by atoms with Gasteiger partial charge in [-0.25, -0.2) is 5.01 Å². The molecule has 3 heterocycles. The first-order valence-electron chi connectivity index (χ1n) is 9.54. The van der Waals surface area contributed by atoms with Crippen LogP contribution >= 0.6 is 0 Å². The number of aromatic nitrogens is 1. The molecule has 1 aromatic heterocycles. The van der Waals surface area contributed by atoms with Crippen LogP contribution in [0, 0.1) is 5.41 Å². The Hall–Kier alpha value is -2.24. The summed E-state index contributed by atoms with van der Waals surface area (Å²) in [6.07, 6.45) is 7.65. The van der Waals surface area contributed by atoms with Crippen molar-refractivity contribution in [3.05, 3.63) is 30.1 Å². The second-order valence-electron chi connectivity index (χ2n) is 7.77. The van der Waals surface area contributed by atoms with E-state index in [9.17, 15) is 9.59 Å². The molecule has 3 rings (SSSR count). The van der Waals surface area contributed by atoms with Crippen molar-refractivity contribution in [3.8, 4) is 0 Å².